The van der Waals surface area contributed by atoms with Crippen LogP contribution in [0.15, 0.2) is 30.3 Å². The van der Waals surface area contributed by atoms with E-state index in [4.69, 9.17) is 21.1 Å². The summed E-state index contributed by atoms with van der Waals surface area (Å²) in [5.74, 6) is 0.867. The maximum absolute atomic E-state index is 13.2. The third kappa shape index (κ3) is 5.00. The summed E-state index contributed by atoms with van der Waals surface area (Å²) < 4.78 is 24.7. The number of halogens is 2. The minimum atomic E-state index is -0.440. The molecule has 1 atom stereocenters. The highest BCUT2D eigenvalue weighted by Crippen LogP contribution is 2.34. The highest BCUT2D eigenvalue weighted by Gasteiger charge is 2.27. The molecule has 29 heavy (non-hydrogen) atoms. The van der Waals surface area contributed by atoms with Gasteiger partial charge in [-0.1, -0.05) is 11.6 Å². The van der Waals surface area contributed by atoms with Gasteiger partial charge in [-0.05, 0) is 68.7 Å². The third-order valence-corrected chi connectivity index (χ3v) is 5.34. The van der Waals surface area contributed by atoms with E-state index in [2.05, 4.69) is 10.2 Å². The summed E-state index contributed by atoms with van der Waals surface area (Å²) in [6.07, 6.45) is 0.816. The molecule has 0 spiro atoms. The molecule has 0 aromatic heterocycles. The van der Waals surface area contributed by atoms with E-state index in [0.29, 0.717) is 25.4 Å². The van der Waals surface area contributed by atoms with Crippen LogP contribution in [0.25, 0.3) is 0 Å². The number of carbonyl (C=O) groups is 1. The minimum absolute atomic E-state index is 0.180. The number of fused-ring (bicyclic) bond motifs is 1. The summed E-state index contributed by atoms with van der Waals surface area (Å²) >= 11 is 6.02. The van der Waals surface area contributed by atoms with Crippen LogP contribution in [0.5, 0.6) is 11.5 Å². The monoisotopic (exact) mass is 420 g/mol. The first-order valence-corrected chi connectivity index (χ1v) is 10.2. The summed E-state index contributed by atoms with van der Waals surface area (Å²) in [6.45, 7) is 8.26. The molecular formula is C22H26ClFN2O3. The average molecular weight is 421 g/mol. The SMILES string of the molecule is CCOc1cc2c(cc1OCC)CN([C@H](C)C(=O)Nc1ccc(F)cc1Cl)CC2. The molecule has 1 aliphatic rings. The number of rotatable bonds is 7. The number of amides is 1. The molecule has 0 radical (unpaired) electrons. The van der Waals surface area contributed by atoms with Gasteiger partial charge in [0.2, 0.25) is 5.91 Å². The van der Waals surface area contributed by atoms with E-state index in [1.54, 1.807) is 0 Å². The Morgan fingerprint density at radius 3 is 2.45 bits per heavy atom. The largest absolute Gasteiger partial charge is 0.490 e. The van der Waals surface area contributed by atoms with Crippen LogP contribution in [0.4, 0.5) is 10.1 Å². The Labute approximate surface area is 175 Å². The van der Waals surface area contributed by atoms with E-state index in [1.165, 1.54) is 23.8 Å². The Bertz CT molecular complexity index is 891. The lowest BCUT2D eigenvalue weighted by Gasteiger charge is -2.33. The number of hydrogen-bond acceptors (Lipinski definition) is 4. The zero-order chi connectivity index (χ0) is 21.0. The fraction of sp³-hybridized carbons (Fsp3) is 0.409. The zero-order valence-electron chi connectivity index (χ0n) is 16.9. The van der Waals surface area contributed by atoms with Gasteiger partial charge in [0.1, 0.15) is 5.82 Å². The number of nitrogens with zero attached hydrogens (tertiary/aromatic N) is 1. The first kappa shape index (κ1) is 21.4. The molecule has 3 rings (SSSR count). The maximum atomic E-state index is 13.2. The third-order valence-electron chi connectivity index (χ3n) is 5.02. The van der Waals surface area contributed by atoms with Crippen LogP contribution in [0.2, 0.25) is 5.02 Å². The first-order valence-electron chi connectivity index (χ1n) is 9.84. The van der Waals surface area contributed by atoms with Crippen molar-refractivity contribution >= 4 is 23.2 Å². The zero-order valence-corrected chi connectivity index (χ0v) is 17.7. The van der Waals surface area contributed by atoms with Crippen LogP contribution in [-0.2, 0) is 17.8 Å². The fourth-order valence-electron chi connectivity index (χ4n) is 3.45. The predicted octanol–water partition coefficient (Wildman–Crippen LogP) is 4.66. The van der Waals surface area contributed by atoms with E-state index in [1.807, 2.05) is 32.9 Å². The number of hydrogen-bond donors (Lipinski definition) is 1. The number of carbonyl (C=O) groups excluding carboxylic acids is 1. The predicted molar refractivity (Wildman–Crippen MR) is 112 cm³/mol. The molecule has 1 N–H and O–H groups in total. The maximum Gasteiger partial charge on any atom is 0.241 e. The summed E-state index contributed by atoms with van der Waals surface area (Å²) in [7, 11) is 0. The quantitative estimate of drug-likeness (QED) is 0.707. The van der Waals surface area contributed by atoms with Gasteiger partial charge in [0, 0.05) is 13.1 Å². The van der Waals surface area contributed by atoms with Crippen molar-refractivity contribution in [1.82, 2.24) is 4.90 Å². The molecule has 0 bridgehead atoms. The van der Waals surface area contributed by atoms with Gasteiger partial charge in [0.25, 0.3) is 0 Å². The minimum Gasteiger partial charge on any atom is -0.490 e. The molecule has 7 heteroatoms. The topological polar surface area (TPSA) is 50.8 Å². The lowest BCUT2D eigenvalue weighted by atomic mass is 9.97. The van der Waals surface area contributed by atoms with Crippen LogP contribution in [-0.4, -0.2) is 36.6 Å². The molecular weight excluding hydrogens is 395 g/mol. The fourth-order valence-corrected chi connectivity index (χ4v) is 3.66. The highest BCUT2D eigenvalue weighted by atomic mass is 35.5. The van der Waals surface area contributed by atoms with Crippen LogP contribution < -0.4 is 14.8 Å². The van der Waals surface area contributed by atoms with Crippen LogP contribution in [0.1, 0.15) is 31.9 Å². The van der Waals surface area contributed by atoms with E-state index in [0.717, 1.165) is 30.0 Å². The molecule has 156 valence electrons. The molecule has 0 unspecified atom stereocenters. The summed E-state index contributed by atoms with van der Waals surface area (Å²) in [6, 6.07) is 7.61. The van der Waals surface area contributed by atoms with Crippen LogP contribution in [0.3, 0.4) is 0 Å². The van der Waals surface area contributed by atoms with Gasteiger partial charge in [-0.15, -0.1) is 0 Å². The molecule has 1 aliphatic heterocycles. The molecule has 1 heterocycles. The number of anilines is 1. The molecule has 0 fully saturated rings. The lowest BCUT2D eigenvalue weighted by Crippen LogP contribution is -2.44. The van der Waals surface area contributed by atoms with Crippen LogP contribution in [0, 0.1) is 5.82 Å². The Morgan fingerprint density at radius 1 is 1.17 bits per heavy atom. The van der Waals surface area contributed by atoms with Gasteiger partial charge in [-0.2, -0.15) is 0 Å². The van der Waals surface area contributed by atoms with E-state index in [-0.39, 0.29) is 17.0 Å². The second-order valence-electron chi connectivity index (χ2n) is 6.94. The Balaban J connectivity index is 1.73. The van der Waals surface area contributed by atoms with Crippen molar-refractivity contribution in [1.29, 1.82) is 0 Å². The smallest absolute Gasteiger partial charge is 0.241 e. The van der Waals surface area contributed by atoms with Gasteiger partial charge < -0.3 is 14.8 Å². The summed E-state index contributed by atoms with van der Waals surface area (Å²) in [5, 5.41) is 2.97. The van der Waals surface area contributed by atoms with Gasteiger partial charge in [-0.3, -0.25) is 9.69 Å². The van der Waals surface area contributed by atoms with E-state index >= 15 is 0 Å². The molecule has 2 aromatic rings. The van der Waals surface area contributed by atoms with Crippen molar-refractivity contribution < 1.29 is 18.7 Å². The van der Waals surface area contributed by atoms with Crippen molar-refractivity contribution in [3.05, 3.63) is 52.3 Å². The highest BCUT2D eigenvalue weighted by molar-refractivity contribution is 6.33. The number of nitrogens with one attached hydrogen (secondary N) is 1. The standard InChI is InChI=1S/C22H26ClFN2O3/c1-4-28-20-10-15-8-9-26(13-16(15)11-21(20)29-5-2)14(3)22(27)25-19-7-6-17(24)12-18(19)23/h6-7,10-12,14H,4-5,8-9,13H2,1-3H3,(H,25,27)/t14-/m1/s1. The summed E-state index contributed by atoms with van der Waals surface area (Å²) in [4.78, 5) is 14.8. The van der Waals surface area contributed by atoms with Gasteiger partial charge in [0.15, 0.2) is 11.5 Å². The van der Waals surface area contributed by atoms with Gasteiger partial charge in [-0.25, -0.2) is 4.39 Å². The Morgan fingerprint density at radius 2 is 1.83 bits per heavy atom. The van der Waals surface area contributed by atoms with Gasteiger partial charge >= 0.3 is 0 Å². The van der Waals surface area contributed by atoms with Crippen molar-refractivity contribution in [2.45, 2.75) is 39.8 Å². The van der Waals surface area contributed by atoms with Crippen molar-refractivity contribution in [3.63, 3.8) is 0 Å². The molecule has 0 saturated heterocycles. The van der Waals surface area contributed by atoms with E-state index in [9.17, 15) is 9.18 Å². The molecule has 2 aromatic carbocycles. The Hall–Kier alpha value is -2.31. The average Bonchev–Trinajstić information content (AvgIpc) is 2.70. The van der Waals surface area contributed by atoms with Crippen molar-refractivity contribution in [3.8, 4) is 11.5 Å². The second kappa shape index (κ2) is 9.46. The molecule has 0 aliphatic carbocycles. The van der Waals surface area contributed by atoms with Crippen LogP contribution >= 0.6 is 11.6 Å². The van der Waals surface area contributed by atoms with Gasteiger partial charge in [0.05, 0.1) is 30.0 Å². The van der Waals surface area contributed by atoms with Crippen molar-refractivity contribution in [2.75, 3.05) is 25.1 Å². The summed E-state index contributed by atoms with van der Waals surface area (Å²) in [5.41, 5.74) is 2.74. The number of ether oxygens (including phenoxy) is 2. The molecule has 5 nitrogen and oxygen atoms in total. The molecule has 0 saturated carbocycles. The van der Waals surface area contributed by atoms with Crippen molar-refractivity contribution in [2.24, 2.45) is 0 Å². The molecule has 1 amide bonds. The number of benzene rings is 2. The second-order valence-corrected chi connectivity index (χ2v) is 7.35. The normalized spacial score (nSPS) is 14.8. The first-order chi connectivity index (χ1) is 13.9. The Kier molecular flexibility index (Phi) is 6.98. The lowest BCUT2D eigenvalue weighted by molar-refractivity contribution is -0.121. The van der Waals surface area contributed by atoms with E-state index < -0.39 is 5.82 Å².